The smallest absolute Gasteiger partial charge is 0.260 e. The number of carbonyl (C=O) groups is 2. The Bertz CT molecular complexity index is 394. The van der Waals surface area contributed by atoms with Crippen molar-refractivity contribution in [1.29, 1.82) is 0 Å². The summed E-state index contributed by atoms with van der Waals surface area (Å²) in [4.78, 5) is 27.5. The molecule has 18 heavy (non-hydrogen) atoms. The minimum Gasteiger partial charge on any atom is -0.338 e. The zero-order valence-electron chi connectivity index (χ0n) is 10.7. The Balaban J connectivity index is 1.77. The van der Waals surface area contributed by atoms with Gasteiger partial charge >= 0.3 is 0 Å². The molecule has 3 rings (SSSR count). The molecule has 0 aromatic rings. The van der Waals surface area contributed by atoms with Crippen LogP contribution in [0.4, 0.5) is 4.39 Å². The Kier molecular flexibility index (Phi) is 2.61. The summed E-state index contributed by atoms with van der Waals surface area (Å²) in [6.07, 6.45) is 2.67. The molecule has 2 amide bonds. The molecule has 0 spiro atoms. The van der Waals surface area contributed by atoms with Gasteiger partial charge in [0.15, 0.2) is 5.67 Å². The largest absolute Gasteiger partial charge is 0.338 e. The number of carbonyl (C=O) groups excluding carboxylic acids is 2. The molecule has 1 saturated carbocycles. The molecule has 4 nitrogen and oxygen atoms in total. The van der Waals surface area contributed by atoms with E-state index in [0.29, 0.717) is 32.4 Å². The number of likely N-dealkylation sites (tertiary alicyclic amines) is 2. The summed E-state index contributed by atoms with van der Waals surface area (Å²) in [5.41, 5.74) is -1.63. The first kappa shape index (κ1) is 11.9. The summed E-state index contributed by atoms with van der Waals surface area (Å²) in [5.74, 6) is -0.265. The molecule has 2 heterocycles. The number of amides is 2. The van der Waals surface area contributed by atoms with Gasteiger partial charge in [0.05, 0.1) is 12.1 Å². The molecule has 0 aromatic heterocycles. The fourth-order valence-corrected chi connectivity index (χ4v) is 3.55. The highest BCUT2D eigenvalue weighted by Gasteiger charge is 2.54. The van der Waals surface area contributed by atoms with Crippen molar-refractivity contribution in [1.82, 2.24) is 9.80 Å². The van der Waals surface area contributed by atoms with Gasteiger partial charge in [0, 0.05) is 19.5 Å². The number of rotatable bonds is 2. The summed E-state index contributed by atoms with van der Waals surface area (Å²) in [6, 6.07) is 0.0355. The van der Waals surface area contributed by atoms with Gasteiger partial charge in [-0.15, -0.1) is 0 Å². The zero-order valence-corrected chi connectivity index (χ0v) is 10.7. The molecular formula is C13H19FN2O2. The first-order valence-corrected chi connectivity index (χ1v) is 6.86. The highest BCUT2D eigenvalue weighted by atomic mass is 19.1. The molecule has 2 saturated heterocycles. The Morgan fingerprint density at radius 1 is 1.44 bits per heavy atom. The van der Waals surface area contributed by atoms with E-state index in [4.69, 9.17) is 0 Å². The molecular weight excluding hydrogens is 235 g/mol. The first-order chi connectivity index (χ1) is 8.57. The van der Waals surface area contributed by atoms with E-state index in [1.165, 1.54) is 0 Å². The van der Waals surface area contributed by atoms with Crippen LogP contribution in [0, 0.1) is 0 Å². The number of fused-ring (bicyclic) bond motifs is 1. The maximum Gasteiger partial charge on any atom is 0.260 e. The third kappa shape index (κ3) is 1.49. The van der Waals surface area contributed by atoms with Gasteiger partial charge in [-0.25, -0.2) is 4.39 Å². The summed E-state index contributed by atoms with van der Waals surface area (Å²) in [6.45, 7) is 3.24. The number of halogens is 1. The van der Waals surface area contributed by atoms with Crippen LogP contribution in [0.25, 0.3) is 0 Å². The van der Waals surface area contributed by atoms with E-state index in [1.807, 2.05) is 11.8 Å². The van der Waals surface area contributed by atoms with Crippen LogP contribution < -0.4 is 0 Å². The average Bonchev–Trinajstić information content (AvgIpc) is 2.82. The third-order valence-electron chi connectivity index (χ3n) is 4.75. The molecule has 5 heteroatoms. The summed E-state index contributed by atoms with van der Waals surface area (Å²) in [7, 11) is 0. The molecule has 2 unspecified atom stereocenters. The van der Waals surface area contributed by atoms with Gasteiger partial charge in [-0.3, -0.25) is 9.59 Å². The molecule has 1 aliphatic carbocycles. The predicted octanol–water partition coefficient (Wildman–Crippen LogP) is 1.10. The SMILES string of the molecule is CCN1C(=O)CC2C1CCN2C(=O)C1(F)CCC1. The number of hydrogen-bond donors (Lipinski definition) is 0. The van der Waals surface area contributed by atoms with Crippen LogP contribution in [0.15, 0.2) is 0 Å². The summed E-state index contributed by atoms with van der Waals surface area (Å²) in [5, 5.41) is 0. The van der Waals surface area contributed by atoms with E-state index >= 15 is 0 Å². The van der Waals surface area contributed by atoms with E-state index in [2.05, 4.69) is 0 Å². The number of hydrogen-bond acceptors (Lipinski definition) is 2. The Morgan fingerprint density at radius 3 is 2.72 bits per heavy atom. The van der Waals surface area contributed by atoms with Gasteiger partial charge in [-0.05, 0) is 32.6 Å². The zero-order chi connectivity index (χ0) is 12.9. The molecule has 0 radical (unpaired) electrons. The predicted molar refractivity (Wildman–Crippen MR) is 63.6 cm³/mol. The van der Waals surface area contributed by atoms with Crippen molar-refractivity contribution in [2.45, 2.75) is 56.8 Å². The van der Waals surface area contributed by atoms with Gasteiger partial charge in [0.25, 0.3) is 5.91 Å². The quantitative estimate of drug-likeness (QED) is 0.740. The lowest BCUT2D eigenvalue weighted by Gasteiger charge is -2.37. The monoisotopic (exact) mass is 254 g/mol. The van der Waals surface area contributed by atoms with Crippen LogP contribution in [-0.4, -0.2) is 52.5 Å². The Labute approximate surface area is 106 Å². The molecule has 100 valence electrons. The number of nitrogens with zero attached hydrogens (tertiary/aromatic N) is 2. The van der Waals surface area contributed by atoms with Crippen molar-refractivity contribution in [2.75, 3.05) is 13.1 Å². The Hall–Kier alpha value is -1.13. The summed E-state index contributed by atoms with van der Waals surface area (Å²) >= 11 is 0. The van der Waals surface area contributed by atoms with E-state index in [-0.39, 0.29) is 23.9 Å². The topological polar surface area (TPSA) is 40.6 Å². The van der Waals surface area contributed by atoms with Crippen LogP contribution in [0.1, 0.15) is 39.0 Å². The van der Waals surface area contributed by atoms with Crippen LogP contribution in [0.5, 0.6) is 0 Å². The Morgan fingerprint density at radius 2 is 2.17 bits per heavy atom. The fraction of sp³-hybridized carbons (Fsp3) is 0.846. The lowest BCUT2D eigenvalue weighted by molar-refractivity contribution is -0.150. The number of alkyl halides is 1. The van der Waals surface area contributed by atoms with E-state index in [9.17, 15) is 14.0 Å². The first-order valence-electron chi connectivity index (χ1n) is 6.86. The van der Waals surface area contributed by atoms with Crippen LogP contribution >= 0.6 is 0 Å². The highest BCUT2D eigenvalue weighted by molar-refractivity contribution is 5.88. The molecule has 3 fully saturated rings. The van der Waals surface area contributed by atoms with Crippen molar-refractivity contribution in [3.63, 3.8) is 0 Å². The minimum absolute atomic E-state index is 0.0850. The standard InChI is InChI=1S/C13H19FN2O2/c1-2-15-9-4-7-16(10(9)8-11(15)17)12(18)13(14)5-3-6-13/h9-10H,2-8H2,1H3. The van der Waals surface area contributed by atoms with Crippen molar-refractivity contribution >= 4 is 11.8 Å². The molecule has 2 atom stereocenters. The third-order valence-corrected chi connectivity index (χ3v) is 4.75. The molecule has 0 bridgehead atoms. The van der Waals surface area contributed by atoms with Crippen molar-refractivity contribution in [3.8, 4) is 0 Å². The van der Waals surface area contributed by atoms with Gasteiger partial charge in [-0.1, -0.05) is 0 Å². The maximum absolute atomic E-state index is 14.2. The second-order valence-electron chi connectivity index (χ2n) is 5.62. The second-order valence-corrected chi connectivity index (χ2v) is 5.62. The second kappa shape index (κ2) is 3.93. The fourth-order valence-electron chi connectivity index (χ4n) is 3.55. The van der Waals surface area contributed by atoms with Gasteiger partial charge < -0.3 is 9.80 Å². The number of likely N-dealkylation sites (N-methyl/N-ethyl adjacent to an activating group) is 1. The van der Waals surface area contributed by atoms with Crippen LogP contribution in [0.2, 0.25) is 0 Å². The minimum atomic E-state index is -1.63. The average molecular weight is 254 g/mol. The van der Waals surface area contributed by atoms with Gasteiger partial charge in [0.2, 0.25) is 5.91 Å². The lowest BCUT2D eigenvalue weighted by atomic mass is 9.80. The maximum atomic E-state index is 14.2. The van der Waals surface area contributed by atoms with Crippen molar-refractivity contribution in [2.24, 2.45) is 0 Å². The van der Waals surface area contributed by atoms with Crippen molar-refractivity contribution < 1.29 is 14.0 Å². The van der Waals surface area contributed by atoms with E-state index in [1.54, 1.807) is 4.90 Å². The molecule has 3 aliphatic rings. The lowest BCUT2D eigenvalue weighted by Crippen LogP contribution is -2.52. The summed E-state index contributed by atoms with van der Waals surface area (Å²) < 4.78 is 14.2. The molecule has 2 aliphatic heterocycles. The normalized spacial score (nSPS) is 33.6. The van der Waals surface area contributed by atoms with Crippen LogP contribution in [0.3, 0.4) is 0 Å². The molecule has 0 aromatic carbocycles. The van der Waals surface area contributed by atoms with Gasteiger partial charge in [-0.2, -0.15) is 0 Å². The van der Waals surface area contributed by atoms with Crippen molar-refractivity contribution in [3.05, 3.63) is 0 Å². The molecule has 0 N–H and O–H groups in total. The van der Waals surface area contributed by atoms with Crippen LogP contribution in [-0.2, 0) is 9.59 Å². The van der Waals surface area contributed by atoms with E-state index < -0.39 is 5.67 Å². The van der Waals surface area contributed by atoms with Gasteiger partial charge in [0.1, 0.15) is 0 Å². The highest BCUT2D eigenvalue weighted by Crippen LogP contribution is 2.41. The van der Waals surface area contributed by atoms with E-state index in [0.717, 1.165) is 12.8 Å².